The van der Waals surface area contributed by atoms with Gasteiger partial charge in [-0.25, -0.2) is 13.9 Å². The fourth-order valence-corrected chi connectivity index (χ4v) is 2.33. The quantitative estimate of drug-likeness (QED) is 0.542. The van der Waals surface area contributed by atoms with Crippen molar-refractivity contribution in [2.75, 3.05) is 6.54 Å². The topological polar surface area (TPSA) is 106 Å². The molecule has 2 heterocycles. The molecular formula is C16H14FN5O2. The normalized spacial score (nSPS) is 11.8. The zero-order valence-corrected chi connectivity index (χ0v) is 12.6. The average Bonchev–Trinajstić information content (AvgIpc) is 2.94. The van der Waals surface area contributed by atoms with Gasteiger partial charge in [-0.15, -0.1) is 0 Å². The van der Waals surface area contributed by atoms with Crippen molar-refractivity contribution >= 4 is 17.3 Å². The van der Waals surface area contributed by atoms with Crippen molar-refractivity contribution in [3.63, 3.8) is 0 Å². The molecule has 7 nitrogen and oxygen atoms in total. The van der Waals surface area contributed by atoms with Gasteiger partial charge in [-0.2, -0.15) is 5.10 Å². The maximum absolute atomic E-state index is 13.9. The predicted molar refractivity (Wildman–Crippen MR) is 85.4 cm³/mol. The minimum absolute atomic E-state index is 0.00248. The van der Waals surface area contributed by atoms with E-state index in [0.29, 0.717) is 22.6 Å². The number of nitrogens with two attached hydrogens (primary N) is 1. The Labute approximate surface area is 136 Å². The number of halogens is 1. The van der Waals surface area contributed by atoms with E-state index < -0.39 is 12.5 Å². The lowest BCUT2D eigenvalue weighted by molar-refractivity contribution is -0.135. The number of hydrogen-bond acceptors (Lipinski definition) is 4. The molecule has 1 aromatic carbocycles. The molecule has 2 aromatic heterocycles. The summed E-state index contributed by atoms with van der Waals surface area (Å²) in [7, 11) is 0. The second-order valence-corrected chi connectivity index (χ2v) is 5.06. The molecule has 3 rings (SSSR count). The Morgan fingerprint density at radius 1 is 1.29 bits per heavy atom. The first-order valence-corrected chi connectivity index (χ1v) is 7.14. The van der Waals surface area contributed by atoms with Gasteiger partial charge in [-0.1, -0.05) is 18.2 Å². The van der Waals surface area contributed by atoms with Gasteiger partial charge in [0.1, 0.15) is 29.7 Å². The van der Waals surface area contributed by atoms with Crippen molar-refractivity contribution in [2.24, 2.45) is 10.7 Å². The van der Waals surface area contributed by atoms with E-state index in [0.717, 1.165) is 0 Å². The van der Waals surface area contributed by atoms with E-state index in [2.05, 4.69) is 15.1 Å². The van der Waals surface area contributed by atoms with Crippen LogP contribution in [0.15, 0.2) is 47.6 Å². The number of aliphatic carboxylic acids is 1. The highest BCUT2D eigenvalue weighted by Crippen LogP contribution is 2.16. The Morgan fingerprint density at radius 2 is 2.08 bits per heavy atom. The monoisotopic (exact) mass is 327 g/mol. The summed E-state index contributed by atoms with van der Waals surface area (Å²) in [4.78, 5) is 18.8. The van der Waals surface area contributed by atoms with Gasteiger partial charge in [0, 0.05) is 12.6 Å². The maximum Gasteiger partial charge on any atom is 0.325 e. The summed E-state index contributed by atoms with van der Waals surface area (Å²) in [5.41, 5.74) is 7.24. The van der Waals surface area contributed by atoms with Crippen molar-refractivity contribution in [2.45, 2.75) is 6.42 Å². The number of carbonyl (C=O) groups is 1. The molecule has 0 fully saturated rings. The van der Waals surface area contributed by atoms with Crippen molar-refractivity contribution < 1.29 is 14.3 Å². The van der Waals surface area contributed by atoms with Crippen molar-refractivity contribution in [3.8, 4) is 0 Å². The first kappa shape index (κ1) is 15.6. The van der Waals surface area contributed by atoms with Crippen LogP contribution in [-0.2, 0) is 11.2 Å². The largest absolute Gasteiger partial charge is 0.480 e. The van der Waals surface area contributed by atoms with Crippen LogP contribution in [0.1, 0.15) is 17.1 Å². The van der Waals surface area contributed by atoms with Crippen LogP contribution in [0.4, 0.5) is 4.39 Å². The van der Waals surface area contributed by atoms with Gasteiger partial charge < -0.3 is 10.8 Å². The van der Waals surface area contributed by atoms with Crippen LogP contribution >= 0.6 is 0 Å². The third-order valence-electron chi connectivity index (χ3n) is 3.41. The van der Waals surface area contributed by atoms with E-state index in [-0.39, 0.29) is 18.1 Å². The van der Waals surface area contributed by atoms with Crippen LogP contribution in [0.3, 0.4) is 0 Å². The molecule has 0 aliphatic carbocycles. The molecule has 122 valence electrons. The smallest absolute Gasteiger partial charge is 0.325 e. The van der Waals surface area contributed by atoms with Gasteiger partial charge in [0.25, 0.3) is 0 Å². The molecule has 3 aromatic rings. The third-order valence-corrected chi connectivity index (χ3v) is 3.41. The molecule has 3 N–H and O–H groups in total. The molecular weight excluding hydrogens is 313 g/mol. The van der Waals surface area contributed by atoms with Gasteiger partial charge in [0.2, 0.25) is 0 Å². The van der Waals surface area contributed by atoms with Crippen LogP contribution in [-0.4, -0.2) is 38.1 Å². The van der Waals surface area contributed by atoms with Crippen LogP contribution in [0.5, 0.6) is 0 Å². The summed E-state index contributed by atoms with van der Waals surface area (Å²) < 4.78 is 15.4. The molecule has 0 bridgehead atoms. The van der Waals surface area contributed by atoms with E-state index in [9.17, 15) is 9.18 Å². The van der Waals surface area contributed by atoms with Gasteiger partial charge >= 0.3 is 5.97 Å². The summed E-state index contributed by atoms with van der Waals surface area (Å²) in [5, 5.41) is 12.9. The molecule has 24 heavy (non-hydrogen) atoms. The summed E-state index contributed by atoms with van der Waals surface area (Å²) in [5.74, 6) is -0.938. The zero-order chi connectivity index (χ0) is 17.1. The number of rotatable bonds is 5. The fourth-order valence-electron chi connectivity index (χ4n) is 2.33. The number of aliphatic imine (C=N–C) groups is 1. The molecule has 0 saturated heterocycles. The molecule has 0 aliphatic heterocycles. The molecule has 8 heteroatoms. The highest BCUT2D eigenvalue weighted by Gasteiger charge is 2.16. The van der Waals surface area contributed by atoms with Gasteiger partial charge in [-0.05, 0) is 23.8 Å². The first-order valence-electron chi connectivity index (χ1n) is 7.14. The van der Waals surface area contributed by atoms with Gasteiger partial charge in [-0.3, -0.25) is 9.79 Å². The van der Waals surface area contributed by atoms with E-state index in [4.69, 9.17) is 10.8 Å². The Kier molecular flexibility index (Phi) is 4.19. The second kappa shape index (κ2) is 6.45. The number of hydrogen-bond donors (Lipinski definition) is 2. The lowest BCUT2D eigenvalue weighted by Crippen LogP contribution is -2.17. The summed E-state index contributed by atoms with van der Waals surface area (Å²) in [6, 6.07) is 9.85. The third kappa shape index (κ3) is 3.07. The van der Waals surface area contributed by atoms with Crippen molar-refractivity contribution in [3.05, 3.63) is 65.5 Å². The van der Waals surface area contributed by atoms with Crippen molar-refractivity contribution in [1.82, 2.24) is 14.6 Å². The average molecular weight is 327 g/mol. The number of carboxylic acid groups (broad SMARTS) is 1. The molecule has 0 spiro atoms. The summed E-state index contributed by atoms with van der Waals surface area (Å²) >= 11 is 0. The second-order valence-electron chi connectivity index (χ2n) is 5.06. The highest BCUT2D eigenvalue weighted by atomic mass is 19.1. The van der Waals surface area contributed by atoms with Crippen LogP contribution in [0.25, 0.3) is 5.52 Å². The van der Waals surface area contributed by atoms with E-state index in [1.54, 1.807) is 41.0 Å². The summed E-state index contributed by atoms with van der Waals surface area (Å²) in [6.45, 7) is -0.451. The first-order chi connectivity index (χ1) is 11.6. The Balaban J connectivity index is 2.05. The molecule has 0 saturated carbocycles. The van der Waals surface area contributed by atoms with Crippen LogP contribution in [0, 0.1) is 5.82 Å². The number of benzene rings is 1. The number of amidine groups is 1. The number of carboxylic acids is 1. The Bertz CT molecular complexity index is 935. The standard InChI is InChI=1S/C16H14FN5O2/c17-11-5-2-1-4-10(11)8-13-21-15(16(18)19-9-14(23)24)12-6-3-7-20-22(12)13/h1-7H,8-9H2,(H2,18,19)(H,23,24). The maximum atomic E-state index is 13.9. The lowest BCUT2D eigenvalue weighted by atomic mass is 10.1. The Morgan fingerprint density at radius 3 is 2.83 bits per heavy atom. The molecule has 0 amide bonds. The molecule has 0 aliphatic rings. The molecule has 0 atom stereocenters. The highest BCUT2D eigenvalue weighted by molar-refractivity contribution is 6.02. The van der Waals surface area contributed by atoms with E-state index in [1.807, 2.05) is 0 Å². The minimum Gasteiger partial charge on any atom is -0.480 e. The van der Waals surface area contributed by atoms with Crippen molar-refractivity contribution in [1.29, 1.82) is 0 Å². The fraction of sp³-hybridized carbons (Fsp3) is 0.125. The van der Waals surface area contributed by atoms with Crippen LogP contribution < -0.4 is 5.73 Å². The predicted octanol–water partition coefficient (Wildman–Crippen LogP) is 1.25. The number of nitrogens with zero attached hydrogens (tertiary/aromatic N) is 4. The molecule has 0 radical (unpaired) electrons. The van der Waals surface area contributed by atoms with Crippen LogP contribution in [0.2, 0.25) is 0 Å². The minimum atomic E-state index is -1.09. The Hall–Kier alpha value is -3.29. The van der Waals surface area contributed by atoms with E-state index in [1.165, 1.54) is 6.07 Å². The van der Waals surface area contributed by atoms with Gasteiger partial charge in [0.05, 0.1) is 5.52 Å². The van der Waals surface area contributed by atoms with Gasteiger partial charge in [0.15, 0.2) is 0 Å². The summed E-state index contributed by atoms with van der Waals surface area (Å²) in [6.07, 6.45) is 1.80. The zero-order valence-electron chi connectivity index (χ0n) is 12.6. The van der Waals surface area contributed by atoms with E-state index >= 15 is 0 Å². The molecule has 0 unspecified atom stereocenters. The SMILES string of the molecule is NC(=NCC(=O)O)c1nc(Cc2ccccc2F)n2ncccc12. The number of aromatic nitrogens is 3. The lowest BCUT2D eigenvalue weighted by Gasteiger charge is -2.01. The number of fused-ring (bicyclic) bond motifs is 1. The number of imidazole rings is 1.